The van der Waals surface area contributed by atoms with E-state index in [9.17, 15) is 4.79 Å². The number of hydrogen-bond acceptors (Lipinski definition) is 7. The van der Waals surface area contributed by atoms with Crippen LogP contribution in [0.15, 0.2) is 90.7 Å². The predicted molar refractivity (Wildman–Crippen MR) is 184 cm³/mol. The van der Waals surface area contributed by atoms with Crippen LogP contribution in [0.2, 0.25) is 0 Å². The second-order valence-electron chi connectivity index (χ2n) is 10.7. The Bertz CT molecular complexity index is 2230. The number of fused-ring (bicyclic) bond motifs is 3. The van der Waals surface area contributed by atoms with E-state index in [4.69, 9.17) is 10.5 Å². The summed E-state index contributed by atoms with van der Waals surface area (Å²) >= 11 is 1.63. The van der Waals surface area contributed by atoms with Gasteiger partial charge in [-0.3, -0.25) is 4.79 Å². The SMILES string of the molecule is COc1cc(-c2csc3c(C=CCNCc4cccc5[nH]cnc45)cnc(N)c23)ccc1NC(=O)c1cc2ccccc2n1C. The Morgan fingerprint density at radius 2 is 2.00 bits per heavy atom. The zero-order valence-corrected chi connectivity index (χ0v) is 25.6. The highest BCUT2D eigenvalue weighted by Gasteiger charge is 2.18. The van der Waals surface area contributed by atoms with E-state index in [0.717, 1.165) is 54.3 Å². The summed E-state index contributed by atoms with van der Waals surface area (Å²) in [5.41, 5.74) is 14.6. The first kappa shape index (κ1) is 28.3. The molecule has 0 aliphatic heterocycles. The van der Waals surface area contributed by atoms with E-state index < -0.39 is 0 Å². The molecule has 0 saturated heterocycles. The molecule has 7 aromatic rings. The van der Waals surface area contributed by atoms with Gasteiger partial charge in [-0.2, -0.15) is 0 Å². The quantitative estimate of drug-likeness (QED) is 0.130. The summed E-state index contributed by atoms with van der Waals surface area (Å²) in [4.78, 5) is 25.3. The zero-order chi connectivity index (χ0) is 30.9. The van der Waals surface area contributed by atoms with Crippen molar-refractivity contribution < 1.29 is 9.53 Å². The Morgan fingerprint density at radius 1 is 1.11 bits per heavy atom. The van der Waals surface area contributed by atoms with E-state index in [1.165, 1.54) is 0 Å². The molecule has 9 nitrogen and oxygen atoms in total. The number of amides is 1. The molecular formula is C35H31N7O2S. The number of nitrogens with one attached hydrogen (secondary N) is 3. The lowest BCUT2D eigenvalue weighted by molar-refractivity contribution is 0.101. The van der Waals surface area contributed by atoms with Crippen LogP contribution < -0.4 is 21.1 Å². The van der Waals surface area contributed by atoms with Gasteiger partial charge in [0.1, 0.15) is 17.3 Å². The number of para-hydroxylation sites is 2. The van der Waals surface area contributed by atoms with E-state index >= 15 is 0 Å². The maximum atomic E-state index is 13.3. The highest BCUT2D eigenvalue weighted by molar-refractivity contribution is 7.18. The molecule has 3 aromatic carbocycles. The molecule has 0 bridgehead atoms. The van der Waals surface area contributed by atoms with E-state index in [2.05, 4.69) is 49.2 Å². The molecule has 45 heavy (non-hydrogen) atoms. The molecule has 0 spiro atoms. The van der Waals surface area contributed by atoms with Crippen LogP contribution in [0.4, 0.5) is 11.5 Å². The lowest BCUT2D eigenvalue weighted by Crippen LogP contribution is -2.16. The number of methoxy groups -OCH3 is 1. The van der Waals surface area contributed by atoms with Gasteiger partial charge in [-0.15, -0.1) is 11.3 Å². The maximum absolute atomic E-state index is 13.3. The minimum Gasteiger partial charge on any atom is -0.495 e. The Labute approximate surface area is 263 Å². The molecule has 0 aliphatic rings. The number of benzene rings is 3. The fourth-order valence-corrected chi connectivity index (χ4v) is 6.80. The largest absolute Gasteiger partial charge is 0.495 e. The van der Waals surface area contributed by atoms with Gasteiger partial charge in [0.25, 0.3) is 5.91 Å². The molecule has 0 atom stereocenters. The summed E-state index contributed by atoms with van der Waals surface area (Å²) in [6.07, 6.45) is 7.69. The first-order valence-electron chi connectivity index (χ1n) is 14.5. The van der Waals surface area contributed by atoms with Gasteiger partial charge < -0.3 is 30.7 Å². The molecule has 0 radical (unpaired) electrons. The number of rotatable bonds is 9. The van der Waals surface area contributed by atoms with Crippen LogP contribution in [0.1, 0.15) is 21.6 Å². The fraction of sp³-hybridized carbons (Fsp3) is 0.114. The third kappa shape index (κ3) is 5.30. The number of aromatic nitrogens is 4. The first-order valence-corrected chi connectivity index (χ1v) is 15.4. The van der Waals surface area contributed by atoms with Gasteiger partial charge in [-0.05, 0) is 46.8 Å². The number of aromatic amines is 1. The van der Waals surface area contributed by atoms with Gasteiger partial charge in [0.05, 0.1) is 30.2 Å². The number of nitrogens with zero attached hydrogens (tertiary/aromatic N) is 3. The number of hydrogen-bond donors (Lipinski definition) is 4. The normalized spacial score (nSPS) is 11.7. The number of pyridine rings is 1. The van der Waals surface area contributed by atoms with Gasteiger partial charge in [-0.25, -0.2) is 9.97 Å². The monoisotopic (exact) mass is 613 g/mol. The van der Waals surface area contributed by atoms with Crippen LogP contribution in [-0.2, 0) is 13.6 Å². The number of aryl methyl sites for hydroxylation is 1. The molecule has 1 amide bonds. The second kappa shape index (κ2) is 11.9. The summed E-state index contributed by atoms with van der Waals surface area (Å²) in [6.45, 7) is 1.40. The van der Waals surface area contributed by atoms with Crippen molar-refractivity contribution >= 4 is 66.8 Å². The van der Waals surface area contributed by atoms with Crippen molar-refractivity contribution in [2.24, 2.45) is 7.05 Å². The summed E-state index contributed by atoms with van der Waals surface area (Å²) < 4.78 is 8.66. The fourth-order valence-electron chi connectivity index (χ4n) is 5.72. The minimum absolute atomic E-state index is 0.210. The van der Waals surface area contributed by atoms with E-state index in [0.29, 0.717) is 36.0 Å². The standard InChI is InChI=1S/C35H31N7O2S/c1-42-28-11-4-3-7-22(28)15-29(42)35(43)41-26-13-12-21(16-30(26)44-2)25-19-45-33-24(18-38-34(36)31(25)33)9-6-14-37-17-23-8-5-10-27-32(23)40-20-39-27/h3-13,15-16,18-20,37H,14,17H2,1-2H3,(H2,36,38)(H,39,40)(H,41,43). The third-order valence-corrected chi connectivity index (χ3v) is 9.03. The summed E-state index contributed by atoms with van der Waals surface area (Å²) in [5.74, 6) is 0.812. The topological polar surface area (TPSA) is 123 Å². The number of thiophene rings is 1. The summed E-state index contributed by atoms with van der Waals surface area (Å²) in [5, 5.41) is 10.5. The Balaban J connectivity index is 1.10. The lowest BCUT2D eigenvalue weighted by atomic mass is 10.0. The van der Waals surface area contributed by atoms with Crippen LogP contribution >= 0.6 is 11.3 Å². The second-order valence-corrected chi connectivity index (χ2v) is 11.6. The molecule has 0 saturated carbocycles. The van der Waals surface area contributed by atoms with Gasteiger partial charge >= 0.3 is 0 Å². The number of H-pyrrole nitrogens is 1. The molecule has 7 rings (SSSR count). The lowest BCUT2D eigenvalue weighted by Gasteiger charge is -2.13. The molecule has 10 heteroatoms. The van der Waals surface area contributed by atoms with E-state index in [1.54, 1.807) is 24.8 Å². The van der Waals surface area contributed by atoms with Crippen molar-refractivity contribution in [2.75, 3.05) is 24.7 Å². The van der Waals surface area contributed by atoms with Crippen LogP contribution in [0.5, 0.6) is 5.75 Å². The molecule has 0 fully saturated rings. The van der Waals surface area contributed by atoms with Crippen LogP contribution in [-0.4, -0.2) is 39.1 Å². The molecule has 0 aliphatic carbocycles. The maximum Gasteiger partial charge on any atom is 0.272 e. The molecule has 4 heterocycles. The Hall–Kier alpha value is -5.45. The van der Waals surface area contributed by atoms with Crippen molar-refractivity contribution in [1.29, 1.82) is 0 Å². The number of carbonyl (C=O) groups excluding carboxylic acids is 1. The number of imidazole rings is 1. The number of ether oxygens (including phenoxy) is 1. The number of anilines is 2. The minimum atomic E-state index is -0.210. The zero-order valence-electron chi connectivity index (χ0n) is 24.8. The highest BCUT2D eigenvalue weighted by atomic mass is 32.1. The van der Waals surface area contributed by atoms with Crippen LogP contribution in [0, 0.1) is 0 Å². The third-order valence-electron chi connectivity index (χ3n) is 8.01. The Kier molecular flexibility index (Phi) is 7.50. The smallest absolute Gasteiger partial charge is 0.272 e. The van der Waals surface area contributed by atoms with Crippen LogP contribution in [0.3, 0.4) is 0 Å². The van der Waals surface area contributed by atoms with E-state index in [-0.39, 0.29) is 5.91 Å². The number of nitrogens with two attached hydrogens (primary N) is 1. The van der Waals surface area contributed by atoms with Gasteiger partial charge in [0.15, 0.2) is 0 Å². The van der Waals surface area contributed by atoms with E-state index in [1.807, 2.05) is 78.5 Å². The molecule has 4 aromatic heterocycles. The van der Waals surface area contributed by atoms with Gasteiger partial charge in [-0.1, -0.05) is 48.6 Å². The molecule has 0 unspecified atom stereocenters. The van der Waals surface area contributed by atoms with Crippen molar-refractivity contribution in [3.05, 3.63) is 108 Å². The first-order chi connectivity index (χ1) is 22.0. The van der Waals surface area contributed by atoms with Crippen molar-refractivity contribution in [1.82, 2.24) is 24.8 Å². The summed E-state index contributed by atoms with van der Waals surface area (Å²) in [6, 6.07) is 21.7. The van der Waals surface area contributed by atoms with Gasteiger partial charge in [0.2, 0.25) is 0 Å². The molecule has 5 N–H and O–H groups in total. The predicted octanol–water partition coefficient (Wildman–Crippen LogP) is 6.98. The summed E-state index contributed by atoms with van der Waals surface area (Å²) in [7, 11) is 3.49. The molecular weight excluding hydrogens is 582 g/mol. The van der Waals surface area contributed by atoms with Crippen molar-refractivity contribution in [3.63, 3.8) is 0 Å². The average molecular weight is 614 g/mol. The Morgan fingerprint density at radius 3 is 2.87 bits per heavy atom. The van der Waals surface area contributed by atoms with Crippen LogP contribution in [0.25, 0.3) is 49.2 Å². The van der Waals surface area contributed by atoms with Gasteiger partial charge in [0, 0.05) is 58.5 Å². The molecule has 224 valence electrons. The average Bonchev–Trinajstić information content (AvgIpc) is 3.80. The highest BCUT2D eigenvalue weighted by Crippen LogP contribution is 2.41. The van der Waals surface area contributed by atoms with Crippen molar-refractivity contribution in [3.8, 4) is 16.9 Å². The number of nitrogen functional groups attached to an aromatic ring is 1. The number of carbonyl (C=O) groups is 1. The van der Waals surface area contributed by atoms with Crippen molar-refractivity contribution in [2.45, 2.75) is 6.54 Å².